The Labute approximate surface area is 169 Å². The number of aromatic nitrogens is 1. The van der Waals surface area contributed by atoms with Crippen LogP contribution in [0.3, 0.4) is 0 Å². The third kappa shape index (κ3) is 3.46. The van der Waals surface area contributed by atoms with Crippen molar-refractivity contribution in [3.63, 3.8) is 0 Å². The highest BCUT2D eigenvalue weighted by Gasteiger charge is 2.27. The number of amides is 1. The molecule has 0 aliphatic heterocycles. The van der Waals surface area contributed by atoms with Crippen LogP contribution in [0.5, 0.6) is 0 Å². The summed E-state index contributed by atoms with van der Waals surface area (Å²) < 4.78 is 0. The predicted octanol–water partition coefficient (Wildman–Crippen LogP) is 5.05. The maximum atomic E-state index is 12.7. The van der Waals surface area contributed by atoms with Crippen molar-refractivity contribution in [2.45, 2.75) is 12.3 Å². The van der Waals surface area contributed by atoms with Gasteiger partial charge in [0.1, 0.15) is 0 Å². The lowest BCUT2D eigenvalue weighted by molar-refractivity contribution is 0.100. The molecule has 0 fully saturated rings. The average Bonchev–Trinajstić information content (AvgIpc) is 2.77. The number of pyridine rings is 1. The number of hydrogen-bond donors (Lipinski definition) is 1. The molecular weight excluding hydrogens is 358 g/mol. The molecule has 4 rings (SSSR count). The molecule has 0 unspecified atom stereocenters. The summed E-state index contributed by atoms with van der Waals surface area (Å²) in [4.78, 5) is 17.6. The molecule has 0 radical (unpaired) electrons. The normalized spacial score (nSPS) is 11.7. The monoisotopic (exact) mass is 377 g/mol. The van der Waals surface area contributed by atoms with E-state index in [0.717, 1.165) is 11.1 Å². The molecule has 4 aromatic rings. The zero-order chi connectivity index (χ0) is 20.2. The minimum atomic E-state index is -0.519. The number of rotatable bonds is 5. The molecule has 2 N–H and O–H groups in total. The number of carbonyl (C=O) groups is 1. The lowest BCUT2D eigenvalue weighted by Gasteiger charge is -2.22. The van der Waals surface area contributed by atoms with Crippen LogP contribution in [0.15, 0.2) is 84.9 Å². The fourth-order valence-electron chi connectivity index (χ4n) is 3.81. The van der Waals surface area contributed by atoms with Gasteiger partial charge in [-0.3, -0.25) is 4.79 Å². The highest BCUT2D eigenvalue weighted by molar-refractivity contribution is 6.08. The first kappa shape index (κ1) is 18.4. The van der Waals surface area contributed by atoms with E-state index in [1.165, 1.54) is 0 Å². The first-order valence-corrected chi connectivity index (χ1v) is 9.40. The summed E-state index contributed by atoms with van der Waals surface area (Å²) in [5, 5.41) is 10.3. The molecule has 0 saturated carbocycles. The Hall–Kier alpha value is -3.97. The smallest absolute Gasteiger partial charge is 0.249 e. The van der Waals surface area contributed by atoms with E-state index in [0.29, 0.717) is 27.7 Å². The van der Waals surface area contributed by atoms with Crippen molar-refractivity contribution in [2.75, 3.05) is 0 Å². The molecule has 0 saturated heterocycles. The fraction of sp³-hybridized carbons (Fsp3) is 0.0800. The van der Waals surface area contributed by atoms with E-state index < -0.39 is 5.91 Å². The van der Waals surface area contributed by atoms with Gasteiger partial charge in [0.05, 0.1) is 22.8 Å². The van der Waals surface area contributed by atoms with Crippen molar-refractivity contribution in [2.24, 2.45) is 5.73 Å². The van der Waals surface area contributed by atoms with E-state index in [1.54, 1.807) is 0 Å². The highest BCUT2D eigenvalue weighted by Crippen LogP contribution is 2.39. The minimum Gasteiger partial charge on any atom is -0.366 e. The van der Waals surface area contributed by atoms with E-state index in [1.807, 2.05) is 84.9 Å². The number of nitrogens with zero attached hydrogens (tertiary/aromatic N) is 2. The van der Waals surface area contributed by atoms with Crippen LogP contribution in [-0.2, 0) is 0 Å². The number of para-hydroxylation sites is 1. The average molecular weight is 377 g/mol. The third-order valence-electron chi connectivity index (χ3n) is 5.07. The van der Waals surface area contributed by atoms with Crippen molar-refractivity contribution in [1.29, 1.82) is 5.26 Å². The van der Waals surface area contributed by atoms with Gasteiger partial charge in [-0.15, -0.1) is 0 Å². The summed E-state index contributed by atoms with van der Waals surface area (Å²) in [6, 6.07) is 29.2. The zero-order valence-corrected chi connectivity index (χ0v) is 15.7. The molecule has 0 aliphatic carbocycles. The lowest BCUT2D eigenvalue weighted by Crippen LogP contribution is -2.19. The summed E-state index contributed by atoms with van der Waals surface area (Å²) in [5.41, 5.74) is 10.2. The number of hydrogen-bond acceptors (Lipinski definition) is 3. The summed E-state index contributed by atoms with van der Waals surface area (Å²) >= 11 is 0. The fourth-order valence-corrected chi connectivity index (χ4v) is 3.81. The van der Waals surface area contributed by atoms with E-state index in [2.05, 4.69) is 6.07 Å². The van der Waals surface area contributed by atoms with Crippen molar-refractivity contribution < 1.29 is 4.79 Å². The molecule has 1 heterocycles. The van der Waals surface area contributed by atoms with Gasteiger partial charge in [-0.1, -0.05) is 78.9 Å². The molecule has 1 amide bonds. The van der Waals surface area contributed by atoms with Gasteiger partial charge in [0.2, 0.25) is 5.91 Å². The van der Waals surface area contributed by atoms with Gasteiger partial charge < -0.3 is 5.73 Å². The van der Waals surface area contributed by atoms with Crippen LogP contribution in [0.1, 0.15) is 33.8 Å². The second-order valence-corrected chi connectivity index (χ2v) is 6.82. The van der Waals surface area contributed by atoms with Gasteiger partial charge in [-0.2, -0.15) is 5.26 Å². The number of carbonyl (C=O) groups excluding carboxylic acids is 1. The van der Waals surface area contributed by atoms with Crippen LogP contribution >= 0.6 is 0 Å². The molecule has 3 aromatic carbocycles. The topological polar surface area (TPSA) is 79.8 Å². The van der Waals surface area contributed by atoms with Crippen LogP contribution in [0.25, 0.3) is 22.2 Å². The van der Waals surface area contributed by atoms with Crippen LogP contribution in [0.4, 0.5) is 0 Å². The van der Waals surface area contributed by atoms with Crippen LogP contribution in [-0.4, -0.2) is 10.9 Å². The standard InChI is InChI=1S/C25H19N3O/c26-16-15-19(17-9-3-1-4-10-17)22-23(25(27)29)20-13-7-8-14-21(20)28-24(22)18-11-5-2-6-12-18/h1-14,19H,15H2,(H2,27,29)/t19-/m0/s1. The number of primary amides is 1. The molecule has 1 aromatic heterocycles. The Balaban J connectivity index is 2.13. The third-order valence-corrected chi connectivity index (χ3v) is 5.07. The van der Waals surface area contributed by atoms with Gasteiger partial charge in [0, 0.05) is 28.9 Å². The molecule has 1 atom stereocenters. The van der Waals surface area contributed by atoms with Gasteiger partial charge >= 0.3 is 0 Å². The summed E-state index contributed by atoms with van der Waals surface area (Å²) in [5.74, 6) is -0.842. The molecule has 4 heteroatoms. The van der Waals surface area contributed by atoms with Crippen molar-refractivity contribution in [1.82, 2.24) is 4.98 Å². The van der Waals surface area contributed by atoms with E-state index in [4.69, 9.17) is 10.7 Å². The van der Waals surface area contributed by atoms with Crippen LogP contribution < -0.4 is 5.73 Å². The van der Waals surface area contributed by atoms with E-state index in [-0.39, 0.29) is 12.3 Å². The van der Waals surface area contributed by atoms with Crippen LogP contribution in [0.2, 0.25) is 0 Å². The van der Waals surface area contributed by atoms with Crippen molar-refractivity contribution in [3.8, 4) is 17.3 Å². The molecule has 0 aliphatic rings. The number of fused-ring (bicyclic) bond motifs is 1. The molecule has 140 valence electrons. The Morgan fingerprint density at radius 3 is 2.21 bits per heavy atom. The largest absolute Gasteiger partial charge is 0.366 e. The summed E-state index contributed by atoms with van der Waals surface area (Å²) in [7, 11) is 0. The SMILES string of the molecule is N#CC[C@@H](c1ccccc1)c1c(-c2ccccc2)nc2ccccc2c1C(N)=O. The Kier molecular flexibility index (Phi) is 5.05. The number of nitrogens with two attached hydrogens (primary N) is 1. The summed E-state index contributed by atoms with van der Waals surface area (Å²) in [6.07, 6.45) is 0.212. The maximum Gasteiger partial charge on any atom is 0.249 e. The van der Waals surface area contributed by atoms with Gasteiger partial charge in [-0.25, -0.2) is 4.98 Å². The van der Waals surface area contributed by atoms with Crippen molar-refractivity contribution in [3.05, 3.63) is 102 Å². The zero-order valence-electron chi connectivity index (χ0n) is 15.7. The summed E-state index contributed by atoms with van der Waals surface area (Å²) in [6.45, 7) is 0. The molecule has 0 bridgehead atoms. The quantitative estimate of drug-likeness (QED) is 0.529. The van der Waals surface area contributed by atoms with E-state index >= 15 is 0 Å². The molecule has 4 nitrogen and oxygen atoms in total. The number of nitriles is 1. The van der Waals surface area contributed by atoms with Crippen LogP contribution in [0, 0.1) is 11.3 Å². The van der Waals surface area contributed by atoms with Gasteiger partial charge in [-0.05, 0) is 11.6 Å². The molecule has 0 spiro atoms. The van der Waals surface area contributed by atoms with Gasteiger partial charge in [0.15, 0.2) is 0 Å². The first-order chi connectivity index (χ1) is 14.2. The second kappa shape index (κ2) is 7.95. The Morgan fingerprint density at radius 2 is 1.55 bits per heavy atom. The van der Waals surface area contributed by atoms with Gasteiger partial charge in [0.25, 0.3) is 0 Å². The number of benzene rings is 3. The Morgan fingerprint density at radius 1 is 0.931 bits per heavy atom. The second-order valence-electron chi connectivity index (χ2n) is 6.82. The lowest BCUT2D eigenvalue weighted by atomic mass is 9.82. The molecule has 29 heavy (non-hydrogen) atoms. The highest BCUT2D eigenvalue weighted by atomic mass is 16.1. The minimum absolute atomic E-state index is 0.212. The first-order valence-electron chi connectivity index (χ1n) is 9.40. The molecular formula is C25H19N3O. The Bertz CT molecular complexity index is 1210. The maximum absolute atomic E-state index is 12.7. The predicted molar refractivity (Wildman–Crippen MR) is 114 cm³/mol. The van der Waals surface area contributed by atoms with Crippen molar-refractivity contribution >= 4 is 16.8 Å². The van der Waals surface area contributed by atoms with E-state index in [9.17, 15) is 10.1 Å².